The van der Waals surface area contributed by atoms with Gasteiger partial charge in [0.2, 0.25) is 0 Å². The van der Waals surface area contributed by atoms with Crippen LogP contribution in [0.2, 0.25) is 0 Å². The van der Waals surface area contributed by atoms with E-state index < -0.39 is 0 Å². The lowest BCUT2D eigenvalue weighted by Crippen LogP contribution is -1.96. The van der Waals surface area contributed by atoms with E-state index in [0.29, 0.717) is 13.1 Å². The van der Waals surface area contributed by atoms with Crippen molar-refractivity contribution in [2.75, 3.05) is 0 Å². The Morgan fingerprint density at radius 1 is 0.619 bits per heavy atom. The fourth-order valence-electron chi connectivity index (χ4n) is 2.64. The summed E-state index contributed by atoms with van der Waals surface area (Å²) in [7, 11) is 0. The van der Waals surface area contributed by atoms with E-state index in [-0.39, 0.29) is 0 Å². The lowest BCUT2D eigenvalue weighted by atomic mass is 9.95. The summed E-state index contributed by atoms with van der Waals surface area (Å²) in [6, 6.07) is 20.8. The van der Waals surface area contributed by atoms with Gasteiger partial charge in [-0.05, 0) is 11.1 Å². The van der Waals surface area contributed by atoms with Gasteiger partial charge in [0.1, 0.15) is 0 Å². The molecule has 0 aliphatic rings. The van der Waals surface area contributed by atoms with E-state index in [1.165, 1.54) is 32.0 Å². The monoisotopic (exact) mass is 294 g/mol. The molecule has 0 bridgehead atoms. The first kappa shape index (κ1) is 14.0. The number of rotatable bonds is 4. The second kappa shape index (κ2) is 6.22. The van der Waals surface area contributed by atoms with Gasteiger partial charge in [-0.25, -0.2) is 0 Å². The zero-order chi connectivity index (χ0) is 14.7. The molecule has 1 aromatic heterocycles. The minimum absolute atomic E-state index is 0.536. The van der Waals surface area contributed by atoms with Gasteiger partial charge in [0.25, 0.3) is 0 Å². The van der Waals surface area contributed by atoms with Crippen LogP contribution in [-0.4, -0.2) is 0 Å². The number of hydrogen-bond acceptors (Lipinski definition) is 3. The highest BCUT2D eigenvalue weighted by atomic mass is 32.1. The smallest absolute Gasteiger partial charge is 0.0280 e. The number of hydrogen-bond donors (Lipinski definition) is 2. The fourth-order valence-corrected chi connectivity index (χ4v) is 3.75. The highest BCUT2D eigenvalue weighted by molar-refractivity contribution is 7.13. The largest absolute Gasteiger partial charge is 0.326 e. The summed E-state index contributed by atoms with van der Waals surface area (Å²) in [6.45, 7) is 1.07. The minimum atomic E-state index is 0.536. The quantitative estimate of drug-likeness (QED) is 0.764. The lowest BCUT2D eigenvalue weighted by molar-refractivity contribution is 1.11. The van der Waals surface area contributed by atoms with Crippen LogP contribution in [0.15, 0.2) is 60.7 Å². The van der Waals surface area contributed by atoms with Crippen LogP contribution in [0, 0.1) is 0 Å². The van der Waals surface area contributed by atoms with Crippen molar-refractivity contribution in [2.24, 2.45) is 11.5 Å². The fraction of sp³-hybridized carbons (Fsp3) is 0.111. The van der Waals surface area contributed by atoms with Gasteiger partial charge >= 0.3 is 0 Å². The summed E-state index contributed by atoms with van der Waals surface area (Å²) in [4.78, 5) is 2.39. The minimum Gasteiger partial charge on any atom is -0.326 e. The molecule has 1 heterocycles. The van der Waals surface area contributed by atoms with Crippen LogP contribution in [-0.2, 0) is 13.1 Å². The number of benzene rings is 2. The zero-order valence-corrected chi connectivity index (χ0v) is 12.6. The Bertz CT molecular complexity index is 656. The molecule has 2 aromatic carbocycles. The zero-order valence-electron chi connectivity index (χ0n) is 11.8. The predicted octanol–water partition coefficient (Wildman–Crippen LogP) is 4.00. The van der Waals surface area contributed by atoms with Gasteiger partial charge in [0, 0.05) is 34.0 Å². The number of nitrogens with two attached hydrogens (primary N) is 2. The van der Waals surface area contributed by atoms with Crippen LogP contribution in [0.5, 0.6) is 0 Å². The second-order valence-electron chi connectivity index (χ2n) is 4.84. The van der Waals surface area contributed by atoms with Crippen LogP contribution < -0.4 is 11.5 Å². The molecule has 0 aliphatic carbocycles. The van der Waals surface area contributed by atoms with Crippen molar-refractivity contribution < 1.29 is 0 Å². The van der Waals surface area contributed by atoms with E-state index in [1.807, 2.05) is 12.1 Å². The highest BCUT2D eigenvalue weighted by Gasteiger charge is 2.19. The summed E-state index contributed by atoms with van der Waals surface area (Å²) < 4.78 is 0. The van der Waals surface area contributed by atoms with E-state index in [1.54, 1.807) is 11.3 Å². The maximum atomic E-state index is 5.97. The van der Waals surface area contributed by atoms with Gasteiger partial charge in [-0.1, -0.05) is 60.7 Å². The van der Waals surface area contributed by atoms with Crippen molar-refractivity contribution in [1.29, 1.82) is 0 Å². The average Bonchev–Trinajstić information content (AvgIpc) is 2.95. The van der Waals surface area contributed by atoms with Gasteiger partial charge in [-0.15, -0.1) is 11.3 Å². The predicted molar refractivity (Wildman–Crippen MR) is 91.0 cm³/mol. The van der Waals surface area contributed by atoms with E-state index >= 15 is 0 Å². The molecule has 3 heteroatoms. The van der Waals surface area contributed by atoms with Gasteiger partial charge in [0.05, 0.1) is 0 Å². The molecular formula is C18H18N2S. The van der Waals surface area contributed by atoms with Crippen LogP contribution in [0.4, 0.5) is 0 Å². The normalized spacial score (nSPS) is 10.8. The summed E-state index contributed by atoms with van der Waals surface area (Å²) in [6.07, 6.45) is 0. The molecule has 0 atom stereocenters. The van der Waals surface area contributed by atoms with Gasteiger partial charge in [-0.3, -0.25) is 0 Å². The maximum absolute atomic E-state index is 5.97. The van der Waals surface area contributed by atoms with E-state index in [4.69, 9.17) is 11.5 Å². The van der Waals surface area contributed by atoms with Gasteiger partial charge < -0.3 is 11.5 Å². The maximum Gasteiger partial charge on any atom is 0.0280 e. The Labute approximate surface area is 129 Å². The van der Waals surface area contributed by atoms with Crippen molar-refractivity contribution >= 4 is 11.3 Å². The third kappa shape index (κ3) is 2.63. The van der Waals surface area contributed by atoms with Crippen LogP contribution in [0.3, 0.4) is 0 Å². The summed E-state index contributed by atoms with van der Waals surface area (Å²) in [5.74, 6) is 0. The molecule has 0 fully saturated rings. The molecule has 21 heavy (non-hydrogen) atoms. The molecule has 0 radical (unpaired) electrons. The first-order valence-electron chi connectivity index (χ1n) is 7.00. The van der Waals surface area contributed by atoms with Crippen LogP contribution in [0.25, 0.3) is 22.3 Å². The molecule has 4 N–H and O–H groups in total. The highest BCUT2D eigenvalue weighted by Crippen LogP contribution is 2.42. The van der Waals surface area contributed by atoms with E-state index in [0.717, 1.165) is 0 Å². The Balaban J connectivity index is 2.29. The van der Waals surface area contributed by atoms with Gasteiger partial charge in [-0.2, -0.15) is 0 Å². The Kier molecular flexibility index (Phi) is 4.15. The Morgan fingerprint density at radius 3 is 1.33 bits per heavy atom. The molecule has 106 valence electrons. The Morgan fingerprint density at radius 2 is 1.00 bits per heavy atom. The molecule has 0 spiro atoms. The first-order chi connectivity index (χ1) is 10.3. The van der Waals surface area contributed by atoms with Crippen molar-refractivity contribution in [1.82, 2.24) is 0 Å². The van der Waals surface area contributed by atoms with E-state index in [9.17, 15) is 0 Å². The molecular weight excluding hydrogens is 276 g/mol. The van der Waals surface area contributed by atoms with Crippen molar-refractivity contribution in [3.8, 4) is 22.3 Å². The topological polar surface area (TPSA) is 52.0 Å². The van der Waals surface area contributed by atoms with Crippen molar-refractivity contribution in [2.45, 2.75) is 13.1 Å². The van der Waals surface area contributed by atoms with Crippen LogP contribution >= 0.6 is 11.3 Å². The number of thiophene rings is 1. The molecule has 0 saturated carbocycles. The van der Waals surface area contributed by atoms with E-state index in [2.05, 4.69) is 48.5 Å². The molecule has 0 saturated heterocycles. The standard InChI is InChI=1S/C18H18N2S/c19-11-15-17(13-7-3-1-4-8-13)18(16(12-20)21-15)14-9-5-2-6-10-14/h1-10H,11-12,19-20H2. The molecule has 0 unspecified atom stereocenters. The average molecular weight is 294 g/mol. The SMILES string of the molecule is NCc1sc(CN)c(-c2ccccc2)c1-c1ccccc1. The third-order valence-electron chi connectivity index (χ3n) is 3.55. The molecule has 3 rings (SSSR count). The molecule has 3 aromatic rings. The summed E-state index contributed by atoms with van der Waals surface area (Å²) in [5, 5.41) is 0. The van der Waals surface area contributed by atoms with Crippen molar-refractivity contribution in [3.63, 3.8) is 0 Å². The summed E-state index contributed by atoms with van der Waals surface area (Å²) >= 11 is 1.73. The molecule has 0 aliphatic heterocycles. The summed E-state index contributed by atoms with van der Waals surface area (Å²) in [5.41, 5.74) is 16.8. The molecule has 2 nitrogen and oxygen atoms in total. The van der Waals surface area contributed by atoms with Crippen LogP contribution in [0.1, 0.15) is 9.75 Å². The van der Waals surface area contributed by atoms with Crippen molar-refractivity contribution in [3.05, 3.63) is 70.4 Å². The first-order valence-corrected chi connectivity index (χ1v) is 7.82. The van der Waals surface area contributed by atoms with Gasteiger partial charge in [0.15, 0.2) is 0 Å². The second-order valence-corrected chi connectivity index (χ2v) is 6.03. The third-order valence-corrected chi connectivity index (χ3v) is 4.78. The molecule has 0 amide bonds. The Hall–Kier alpha value is -1.94. The lowest BCUT2D eigenvalue weighted by Gasteiger charge is -2.09.